The Balaban J connectivity index is 1.16. The Morgan fingerprint density at radius 2 is 1.94 bits per heavy atom. The lowest BCUT2D eigenvalue weighted by molar-refractivity contribution is -0.0949. The first-order valence-electron chi connectivity index (χ1n) is 10.7. The van der Waals surface area contributed by atoms with Gasteiger partial charge in [0, 0.05) is 24.7 Å². The molecule has 2 fully saturated rings. The molecule has 172 valence electrons. The number of rotatable bonds is 9. The number of nitrogens with two attached hydrogens (primary N) is 1. The molecular formula is C20H32ClN7O3. The van der Waals surface area contributed by atoms with E-state index in [9.17, 15) is 10.2 Å². The summed E-state index contributed by atoms with van der Waals surface area (Å²) in [5, 5.41) is 34.7. The van der Waals surface area contributed by atoms with Crippen LogP contribution in [0.25, 0.3) is 0 Å². The molecule has 3 unspecified atom stereocenters. The van der Waals surface area contributed by atoms with Crippen LogP contribution in [-0.2, 0) is 11.2 Å². The van der Waals surface area contributed by atoms with E-state index in [0.29, 0.717) is 13.2 Å². The number of nitrogens with one attached hydrogen (secondary N) is 4. The average molecular weight is 454 g/mol. The highest BCUT2D eigenvalue weighted by atomic mass is 35.5. The van der Waals surface area contributed by atoms with Crippen molar-refractivity contribution in [3.63, 3.8) is 0 Å². The third-order valence-electron chi connectivity index (χ3n) is 6.04. The zero-order chi connectivity index (χ0) is 21.8. The largest absolute Gasteiger partial charge is 0.387 e. The molecular weight excluding hydrogens is 422 g/mol. The van der Waals surface area contributed by atoms with Crippen molar-refractivity contribution in [2.45, 2.75) is 49.3 Å². The van der Waals surface area contributed by atoms with Crippen molar-refractivity contribution in [1.29, 1.82) is 0 Å². The van der Waals surface area contributed by atoms with Gasteiger partial charge < -0.3 is 36.6 Å². The fourth-order valence-corrected chi connectivity index (χ4v) is 4.38. The standard InChI is InChI=1S/C20H32ClN7O3/c21-13-3-1-12(2-4-13)5-6-23-7-8-24-9-14-16(29)17(30)20(31-14)28-11-27-15-18(22)25-10-26-19(15)28/h1-4,10,14-20,23-24,27,29-30H,5-9,11,22H2,(H,25,26)/t14-,15?,16-,17-,18?,19?,20-/m1/s1. The number of aliphatic hydroxyl groups excluding tert-OH is 2. The molecule has 31 heavy (non-hydrogen) atoms. The normalized spacial score (nSPS) is 35.3. The van der Waals surface area contributed by atoms with Crippen LogP contribution in [0.1, 0.15) is 5.56 Å². The van der Waals surface area contributed by atoms with Gasteiger partial charge in [0.05, 0.1) is 25.2 Å². The van der Waals surface area contributed by atoms with Crippen molar-refractivity contribution >= 4 is 17.9 Å². The Morgan fingerprint density at radius 1 is 1.16 bits per heavy atom. The molecule has 0 radical (unpaired) electrons. The van der Waals surface area contributed by atoms with Gasteiger partial charge in [0.1, 0.15) is 30.7 Å². The quantitative estimate of drug-likeness (QED) is 0.211. The smallest absolute Gasteiger partial charge is 0.142 e. The molecule has 1 aromatic rings. The van der Waals surface area contributed by atoms with E-state index in [1.807, 2.05) is 29.2 Å². The van der Waals surface area contributed by atoms with Gasteiger partial charge in [0.25, 0.3) is 0 Å². The second-order valence-electron chi connectivity index (χ2n) is 8.16. The van der Waals surface area contributed by atoms with Crippen LogP contribution < -0.4 is 27.0 Å². The van der Waals surface area contributed by atoms with Crippen LogP contribution in [0.15, 0.2) is 29.3 Å². The van der Waals surface area contributed by atoms with E-state index in [0.717, 1.165) is 31.1 Å². The summed E-state index contributed by atoms with van der Waals surface area (Å²) < 4.78 is 6.01. The first-order chi connectivity index (χ1) is 15.0. The molecule has 2 saturated heterocycles. The fraction of sp³-hybridized carbons (Fsp3) is 0.650. The first kappa shape index (κ1) is 22.8. The van der Waals surface area contributed by atoms with Crippen LogP contribution >= 0.6 is 11.6 Å². The van der Waals surface area contributed by atoms with Gasteiger partial charge in [-0.15, -0.1) is 0 Å². The Kier molecular flexibility index (Phi) is 7.75. The third kappa shape index (κ3) is 5.36. The first-order valence-corrected chi connectivity index (χ1v) is 11.1. The lowest BCUT2D eigenvalue weighted by Gasteiger charge is -2.33. The highest BCUT2D eigenvalue weighted by Gasteiger charge is 2.51. The minimum absolute atomic E-state index is 0.0749. The number of fused-ring (bicyclic) bond motifs is 1. The number of aliphatic imine (C=N–C) groups is 1. The Morgan fingerprint density at radius 3 is 2.74 bits per heavy atom. The predicted molar refractivity (Wildman–Crippen MR) is 119 cm³/mol. The molecule has 4 rings (SSSR count). The van der Waals surface area contributed by atoms with Crippen LogP contribution in [0, 0.1) is 0 Å². The van der Waals surface area contributed by atoms with E-state index in [2.05, 4.69) is 26.3 Å². The topological polar surface area (TPSA) is 139 Å². The van der Waals surface area contributed by atoms with Crippen LogP contribution in [0.5, 0.6) is 0 Å². The van der Waals surface area contributed by atoms with Gasteiger partial charge >= 0.3 is 0 Å². The SMILES string of the molecule is NC1NC=NC2C1NCN2[C@@H]1O[C@H](CNCCNCCc2ccc(Cl)cc2)[C@@H](O)[C@H]1O. The molecule has 1 aromatic carbocycles. The van der Waals surface area contributed by atoms with Gasteiger partial charge in [0.15, 0.2) is 0 Å². The molecule has 0 saturated carbocycles. The monoisotopic (exact) mass is 453 g/mol. The van der Waals surface area contributed by atoms with E-state index < -0.39 is 24.5 Å². The molecule has 8 N–H and O–H groups in total. The maximum atomic E-state index is 10.6. The number of halogens is 1. The minimum Gasteiger partial charge on any atom is -0.387 e. The highest BCUT2D eigenvalue weighted by Crippen LogP contribution is 2.29. The third-order valence-corrected chi connectivity index (χ3v) is 6.30. The number of ether oxygens (including phenoxy) is 1. The van der Waals surface area contributed by atoms with E-state index >= 15 is 0 Å². The summed E-state index contributed by atoms with van der Waals surface area (Å²) in [5.74, 6) is 0. The van der Waals surface area contributed by atoms with Crippen LogP contribution in [0.2, 0.25) is 5.02 Å². The number of hydrogen-bond acceptors (Lipinski definition) is 10. The lowest BCUT2D eigenvalue weighted by Crippen LogP contribution is -2.59. The van der Waals surface area contributed by atoms with Crippen molar-refractivity contribution in [2.75, 3.05) is 32.8 Å². The predicted octanol–water partition coefficient (Wildman–Crippen LogP) is -2.02. The van der Waals surface area contributed by atoms with Crippen molar-refractivity contribution in [3.8, 4) is 0 Å². The van der Waals surface area contributed by atoms with Gasteiger partial charge in [-0.05, 0) is 30.7 Å². The van der Waals surface area contributed by atoms with Gasteiger partial charge in [-0.1, -0.05) is 23.7 Å². The molecule has 0 bridgehead atoms. The molecule has 3 heterocycles. The number of hydrogen-bond donors (Lipinski definition) is 7. The molecule has 0 aliphatic carbocycles. The summed E-state index contributed by atoms with van der Waals surface area (Å²) in [4.78, 5) is 6.34. The van der Waals surface area contributed by atoms with Gasteiger partial charge in [-0.3, -0.25) is 10.3 Å². The highest BCUT2D eigenvalue weighted by molar-refractivity contribution is 6.30. The summed E-state index contributed by atoms with van der Waals surface area (Å²) in [6.45, 7) is 3.33. The van der Waals surface area contributed by atoms with E-state index in [-0.39, 0.29) is 18.4 Å². The van der Waals surface area contributed by atoms with E-state index in [4.69, 9.17) is 22.1 Å². The molecule has 0 spiro atoms. The Hall–Kier alpha value is -1.34. The number of nitrogens with zero attached hydrogens (tertiary/aromatic N) is 2. The number of benzene rings is 1. The fourth-order valence-electron chi connectivity index (χ4n) is 4.26. The summed E-state index contributed by atoms with van der Waals surface area (Å²) >= 11 is 5.90. The molecule has 7 atom stereocenters. The van der Waals surface area contributed by atoms with Crippen molar-refractivity contribution in [3.05, 3.63) is 34.9 Å². The minimum atomic E-state index is -1.01. The summed E-state index contributed by atoms with van der Waals surface area (Å²) in [6, 6.07) is 7.79. The molecule has 0 aromatic heterocycles. The molecule has 11 heteroatoms. The number of aliphatic hydroxyl groups is 2. The second-order valence-corrected chi connectivity index (χ2v) is 8.60. The maximum absolute atomic E-state index is 10.6. The second kappa shape index (κ2) is 10.5. The average Bonchev–Trinajstić information content (AvgIpc) is 3.31. The van der Waals surface area contributed by atoms with Crippen molar-refractivity contribution in [1.82, 2.24) is 26.2 Å². The van der Waals surface area contributed by atoms with Crippen LogP contribution in [0.3, 0.4) is 0 Å². The van der Waals surface area contributed by atoms with Gasteiger partial charge in [0.2, 0.25) is 0 Å². The molecule has 3 aliphatic rings. The zero-order valence-electron chi connectivity index (χ0n) is 17.3. The summed E-state index contributed by atoms with van der Waals surface area (Å²) in [7, 11) is 0. The lowest BCUT2D eigenvalue weighted by atomic mass is 10.1. The van der Waals surface area contributed by atoms with Crippen molar-refractivity contribution in [2.24, 2.45) is 10.7 Å². The van der Waals surface area contributed by atoms with Crippen molar-refractivity contribution < 1.29 is 14.9 Å². The van der Waals surface area contributed by atoms with Crippen LogP contribution in [0.4, 0.5) is 0 Å². The molecule has 3 aliphatic heterocycles. The molecule has 10 nitrogen and oxygen atoms in total. The van der Waals surface area contributed by atoms with E-state index in [1.165, 1.54) is 5.56 Å². The zero-order valence-corrected chi connectivity index (χ0v) is 18.1. The Labute approximate surface area is 187 Å². The van der Waals surface area contributed by atoms with Gasteiger partial charge in [-0.2, -0.15) is 0 Å². The maximum Gasteiger partial charge on any atom is 0.142 e. The summed E-state index contributed by atoms with van der Waals surface area (Å²) in [5.41, 5.74) is 7.30. The van der Waals surface area contributed by atoms with Crippen LogP contribution in [-0.4, -0.2) is 97.2 Å². The van der Waals surface area contributed by atoms with Gasteiger partial charge in [-0.25, -0.2) is 4.90 Å². The Bertz CT molecular complexity index is 740. The molecule has 0 amide bonds. The summed E-state index contributed by atoms with van der Waals surface area (Å²) in [6.07, 6.45) is -1.08. The van der Waals surface area contributed by atoms with E-state index in [1.54, 1.807) is 6.34 Å².